The molecule has 0 rings (SSSR count). The molecule has 108 valence electrons. The van der Waals surface area contributed by atoms with Gasteiger partial charge in [-0.1, -0.05) is 6.92 Å². The zero-order valence-electron chi connectivity index (χ0n) is 11.9. The van der Waals surface area contributed by atoms with Crippen LogP contribution in [0.5, 0.6) is 0 Å². The van der Waals surface area contributed by atoms with Gasteiger partial charge in [0.25, 0.3) is 0 Å². The van der Waals surface area contributed by atoms with Crippen molar-refractivity contribution in [3.8, 4) is 0 Å². The topological polar surface area (TPSA) is 62.7 Å². The van der Waals surface area contributed by atoms with Crippen molar-refractivity contribution < 1.29 is 9.53 Å². The predicted octanol–water partition coefficient (Wildman–Crippen LogP) is 1.91. The van der Waals surface area contributed by atoms with Gasteiger partial charge in [-0.05, 0) is 27.2 Å². The molecule has 0 bridgehead atoms. The number of nitrogens with zero attached hydrogens (tertiary/aromatic N) is 1. The van der Waals surface area contributed by atoms with Gasteiger partial charge in [0, 0.05) is 19.6 Å². The van der Waals surface area contributed by atoms with Gasteiger partial charge in [-0.25, -0.2) is 0 Å². The Morgan fingerprint density at radius 1 is 1.33 bits per heavy atom. The Labute approximate surface area is 127 Å². The molecule has 0 aromatic carbocycles. The predicted molar refractivity (Wildman–Crippen MR) is 85.5 cm³/mol. The third kappa shape index (κ3) is 10.6. The normalized spacial score (nSPS) is 12.7. The van der Waals surface area contributed by atoms with E-state index in [0.29, 0.717) is 19.0 Å². The van der Waals surface area contributed by atoms with Crippen LogP contribution in [0.3, 0.4) is 0 Å². The molecule has 0 aromatic rings. The third-order valence-corrected chi connectivity index (χ3v) is 2.21. The Morgan fingerprint density at radius 3 is 2.39 bits per heavy atom. The molecule has 2 N–H and O–H groups in total. The lowest BCUT2D eigenvalue weighted by Crippen LogP contribution is -2.42. The lowest BCUT2D eigenvalue weighted by molar-refractivity contribution is -0.147. The van der Waals surface area contributed by atoms with Crippen LogP contribution in [0, 0.1) is 0 Å². The number of aliphatic imine (C=N–C) groups is 1. The highest BCUT2D eigenvalue weighted by Crippen LogP contribution is 1.92. The fraction of sp³-hybridized carbons (Fsp3) is 0.833. The van der Waals surface area contributed by atoms with E-state index in [9.17, 15) is 4.79 Å². The molecule has 5 nitrogen and oxygen atoms in total. The molecular weight excluding hydrogens is 345 g/mol. The number of esters is 1. The van der Waals surface area contributed by atoms with Gasteiger partial charge in [-0.3, -0.25) is 9.79 Å². The first kappa shape index (κ1) is 19.8. The van der Waals surface area contributed by atoms with Gasteiger partial charge in [-0.15, -0.1) is 24.0 Å². The molecule has 0 heterocycles. The van der Waals surface area contributed by atoms with Crippen LogP contribution in [-0.2, 0) is 9.53 Å². The summed E-state index contributed by atoms with van der Waals surface area (Å²) in [5, 5.41) is 6.29. The Hall–Kier alpha value is -0.530. The quantitative estimate of drug-likeness (QED) is 0.324. The second kappa shape index (κ2) is 11.6. The average Bonchev–Trinajstić information content (AvgIpc) is 2.26. The first-order chi connectivity index (χ1) is 7.99. The number of rotatable bonds is 6. The Morgan fingerprint density at radius 2 is 1.94 bits per heavy atom. The van der Waals surface area contributed by atoms with Crippen molar-refractivity contribution in [1.82, 2.24) is 10.6 Å². The highest BCUT2D eigenvalue weighted by atomic mass is 127. The molecule has 1 atom stereocenters. The number of hydrogen-bond donors (Lipinski definition) is 2. The maximum absolute atomic E-state index is 11.3. The molecule has 1 unspecified atom stereocenters. The SMILES string of the molecule is CCC(C)NC(=NC)NCCC(=O)OC(C)C.I. The van der Waals surface area contributed by atoms with Crippen molar-refractivity contribution in [3.63, 3.8) is 0 Å². The van der Waals surface area contributed by atoms with E-state index in [1.807, 2.05) is 13.8 Å². The van der Waals surface area contributed by atoms with E-state index in [1.165, 1.54) is 0 Å². The molecule has 0 saturated heterocycles. The van der Waals surface area contributed by atoms with Crippen LogP contribution in [0.15, 0.2) is 4.99 Å². The molecule has 0 aromatic heterocycles. The van der Waals surface area contributed by atoms with Crippen molar-refractivity contribution in [3.05, 3.63) is 0 Å². The summed E-state index contributed by atoms with van der Waals surface area (Å²) in [4.78, 5) is 15.4. The van der Waals surface area contributed by atoms with E-state index >= 15 is 0 Å². The van der Waals surface area contributed by atoms with Crippen molar-refractivity contribution in [2.45, 2.75) is 52.7 Å². The maximum Gasteiger partial charge on any atom is 0.307 e. The van der Waals surface area contributed by atoms with Crippen molar-refractivity contribution in [1.29, 1.82) is 0 Å². The minimum atomic E-state index is -0.188. The lowest BCUT2D eigenvalue weighted by atomic mass is 10.3. The Bertz CT molecular complexity index is 258. The molecule has 0 amide bonds. The molecule has 0 aliphatic rings. The zero-order chi connectivity index (χ0) is 13.3. The number of halogens is 1. The summed E-state index contributed by atoms with van der Waals surface area (Å²) in [5.41, 5.74) is 0. The fourth-order valence-electron chi connectivity index (χ4n) is 1.13. The van der Waals surface area contributed by atoms with E-state index in [-0.39, 0.29) is 36.0 Å². The molecule has 0 radical (unpaired) electrons. The zero-order valence-corrected chi connectivity index (χ0v) is 14.3. The van der Waals surface area contributed by atoms with E-state index in [2.05, 4.69) is 29.5 Å². The van der Waals surface area contributed by atoms with Crippen LogP contribution in [0.25, 0.3) is 0 Å². The third-order valence-electron chi connectivity index (χ3n) is 2.21. The highest BCUT2D eigenvalue weighted by molar-refractivity contribution is 14.0. The summed E-state index contributed by atoms with van der Waals surface area (Å²) in [6.45, 7) is 8.40. The van der Waals surface area contributed by atoms with Crippen molar-refractivity contribution >= 4 is 35.9 Å². The molecule has 0 fully saturated rings. The molecule has 6 heteroatoms. The molecule has 0 aliphatic carbocycles. The molecule has 18 heavy (non-hydrogen) atoms. The second-order valence-electron chi connectivity index (χ2n) is 4.24. The maximum atomic E-state index is 11.3. The summed E-state index contributed by atoms with van der Waals surface area (Å²) in [6, 6.07) is 0.365. The molecule has 0 saturated carbocycles. The lowest BCUT2D eigenvalue weighted by Gasteiger charge is -2.16. The number of hydrogen-bond acceptors (Lipinski definition) is 3. The molecular formula is C12H26IN3O2. The van der Waals surface area contributed by atoms with Crippen LogP contribution < -0.4 is 10.6 Å². The van der Waals surface area contributed by atoms with Crippen LogP contribution in [0.2, 0.25) is 0 Å². The summed E-state index contributed by atoms with van der Waals surface area (Å²) in [5.74, 6) is 0.531. The smallest absolute Gasteiger partial charge is 0.307 e. The van der Waals surface area contributed by atoms with Crippen LogP contribution in [0.1, 0.15) is 40.5 Å². The first-order valence-corrected chi connectivity index (χ1v) is 6.16. The van der Waals surface area contributed by atoms with Gasteiger partial charge in [0.05, 0.1) is 12.5 Å². The van der Waals surface area contributed by atoms with Crippen molar-refractivity contribution in [2.24, 2.45) is 4.99 Å². The fourth-order valence-corrected chi connectivity index (χ4v) is 1.13. The summed E-state index contributed by atoms with van der Waals surface area (Å²) < 4.78 is 5.03. The highest BCUT2D eigenvalue weighted by Gasteiger charge is 2.06. The summed E-state index contributed by atoms with van der Waals surface area (Å²) >= 11 is 0. The molecule has 0 aliphatic heterocycles. The largest absolute Gasteiger partial charge is 0.463 e. The van der Waals surface area contributed by atoms with Crippen molar-refractivity contribution in [2.75, 3.05) is 13.6 Å². The van der Waals surface area contributed by atoms with E-state index in [0.717, 1.165) is 12.4 Å². The number of nitrogens with one attached hydrogen (secondary N) is 2. The Balaban J connectivity index is 0. The number of ether oxygens (including phenoxy) is 1. The standard InChI is InChI=1S/C12H25N3O2.HI/c1-6-10(4)15-12(13-5)14-8-7-11(16)17-9(2)3;/h9-10H,6-8H2,1-5H3,(H2,13,14,15);1H. The number of carbonyl (C=O) groups is 1. The van der Waals surface area contributed by atoms with Crippen LogP contribution in [-0.4, -0.2) is 37.7 Å². The van der Waals surface area contributed by atoms with E-state index < -0.39 is 0 Å². The minimum absolute atomic E-state index is 0. The minimum Gasteiger partial charge on any atom is -0.463 e. The molecule has 0 spiro atoms. The van der Waals surface area contributed by atoms with Crippen LogP contribution in [0.4, 0.5) is 0 Å². The van der Waals surface area contributed by atoms with Gasteiger partial charge >= 0.3 is 5.97 Å². The van der Waals surface area contributed by atoms with Gasteiger partial charge in [-0.2, -0.15) is 0 Å². The summed E-state index contributed by atoms with van der Waals surface area (Å²) in [6.07, 6.45) is 1.32. The number of carbonyl (C=O) groups excluding carboxylic acids is 1. The van der Waals surface area contributed by atoms with Gasteiger partial charge < -0.3 is 15.4 Å². The Kier molecular flexibility index (Phi) is 12.7. The van der Waals surface area contributed by atoms with E-state index in [4.69, 9.17) is 4.74 Å². The van der Waals surface area contributed by atoms with Gasteiger partial charge in [0.15, 0.2) is 5.96 Å². The van der Waals surface area contributed by atoms with Gasteiger partial charge in [0.1, 0.15) is 0 Å². The monoisotopic (exact) mass is 371 g/mol. The summed E-state index contributed by atoms with van der Waals surface area (Å²) in [7, 11) is 1.71. The number of guanidine groups is 1. The first-order valence-electron chi connectivity index (χ1n) is 6.16. The van der Waals surface area contributed by atoms with Crippen LogP contribution >= 0.6 is 24.0 Å². The van der Waals surface area contributed by atoms with E-state index in [1.54, 1.807) is 7.05 Å². The van der Waals surface area contributed by atoms with Gasteiger partial charge in [0.2, 0.25) is 0 Å². The second-order valence-corrected chi connectivity index (χ2v) is 4.24. The average molecular weight is 371 g/mol.